The minimum Gasteiger partial charge on any atom is -0.327 e. The van der Waals surface area contributed by atoms with Crippen LogP contribution in [0, 0.1) is 0 Å². The van der Waals surface area contributed by atoms with Gasteiger partial charge in [0.2, 0.25) is 0 Å². The van der Waals surface area contributed by atoms with Crippen molar-refractivity contribution < 1.29 is 13.2 Å². The van der Waals surface area contributed by atoms with E-state index >= 15 is 0 Å². The molecule has 2 atom stereocenters. The van der Waals surface area contributed by atoms with Crippen molar-refractivity contribution in [1.29, 1.82) is 0 Å². The van der Waals surface area contributed by atoms with Gasteiger partial charge in [-0.1, -0.05) is 12.1 Å². The van der Waals surface area contributed by atoms with Crippen LogP contribution in [-0.2, 0) is 12.6 Å². The van der Waals surface area contributed by atoms with E-state index in [1.54, 1.807) is 0 Å². The van der Waals surface area contributed by atoms with Gasteiger partial charge in [0.15, 0.2) is 0 Å². The van der Waals surface area contributed by atoms with Gasteiger partial charge in [-0.25, -0.2) is 0 Å². The fraction of sp³-hybridized carbons (Fsp3) is 0.538. The smallest absolute Gasteiger partial charge is 0.327 e. The predicted octanol–water partition coefficient (Wildman–Crippen LogP) is 2.57. The average molecular weight is 260 g/mol. The van der Waals surface area contributed by atoms with Crippen LogP contribution < -0.4 is 11.1 Å². The van der Waals surface area contributed by atoms with Crippen LogP contribution in [0.2, 0.25) is 0 Å². The lowest BCUT2D eigenvalue weighted by molar-refractivity contribution is -0.137. The second kappa shape index (κ2) is 6.20. The zero-order valence-corrected chi connectivity index (χ0v) is 10.6. The Morgan fingerprint density at radius 3 is 2.17 bits per heavy atom. The Balaban J connectivity index is 2.53. The van der Waals surface area contributed by atoms with Gasteiger partial charge in [-0.2, -0.15) is 13.2 Å². The summed E-state index contributed by atoms with van der Waals surface area (Å²) in [7, 11) is 0. The molecule has 0 spiro atoms. The third-order valence-corrected chi connectivity index (χ3v) is 2.61. The second-order valence-electron chi connectivity index (χ2n) is 4.69. The number of nitrogens with one attached hydrogen (secondary N) is 1. The standard InChI is InChI=1S/C13H19F3N2/c1-9(17)8-18-10(2)7-11-3-5-12(6-4-11)13(14,15)16/h3-6,9-10,18H,7-8,17H2,1-2H3. The lowest BCUT2D eigenvalue weighted by Crippen LogP contribution is -2.37. The SMILES string of the molecule is CC(N)CNC(C)Cc1ccc(C(F)(F)F)cc1. The van der Waals surface area contributed by atoms with E-state index in [1.165, 1.54) is 12.1 Å². The first-order valence-electron chi connectivity index (χ1n) is 5.94. The molecule has 0 fully saturated rings. The van der Waals surface area contributed by atoms with Crippen molar-refractivity contribution in [2.24, 2.45) is 5.73 Å². The van der Waals surface area contributed by atoms with Crippen molar-refractivity contribution in [3.63, 3.8) is 0 Å². The van der Waals surface area contributed by atoms with E-state index in [0.29, 0.717) is 13.0 Å². The molecule has 0 bridgehead atoms. The molecule has 0 amide bonds. The average Bonchev–Trinajstić information content (AvgIpc) is 2.26. The maximum Gasteiger partial charge on any atom is 0.416 e. The molecule has 2 nitrogen and oxygen atoms in total. The van der Waals surface area contributed by atoms with Crippen LogP contribution in [0.1, 0.15) is 25.0 Å². The molecule has 5 heteroatoms. The van der Waals surface area contributed by atoms with E-state index in [1.807, 2.05) is 13.8 Å². The van der Waals surface area contributed by atoms with Crippen LogP contribution in [0.3, 0.4) is 0 Å². The number of halogens is 3. The molecule has 0 saturated heterocycles. The minimum absolute atomic E-state index is 0.0695. The fourth-order valence-electron chi connectivity index (χ4n) is 1.64. The van der Waals surface area contributed by atoms with Crippen molar-refractivity contribution in [2.75, 3.05) is 6.54 Å². The molecule has 18 heavy (non-hydrogen) atoms. The van der Waals surface area contributed by atoms with Crippen LogP contribution in [-0.4, -0.2) is 18.6 Å². The first kappa shape index (κ1) is 15.0. The number of benzene rings is 1. The van der Waals surface area contributed by atoms with E-state index in [9.17, 15) is 13.2 Å². The van der Waals surface area contributed by atoms with Crippen LogP contribution >= 0.6 is 0 Å². The maximum atomic E-state index is 12.4. The van der Waals surface area contributed by atoms with Gasteiger partial charge in [0.1, 0.15) is 0 Å². The molecule has 0 heterocycles. The largest absolute Gasteiger partial charge is 0.416 e. The Labute approximate surface area is 105 Å². The van der Waals surface area contributed by atoms with E-state index in [4.69, 9.17) is 5.73 Å². The molecule has 0 aliphatic rings. The van der Waals surface area contributed by atoms with Gasteiger partial charge >= 0.3 is 6.18 Å². The monoisotopic (exact) mass is 260 g/mol. The van der Waals surface area contributed by atoms with E-state index in [0.717, 1.165) is 17.7 Å². The summed E-state index contributed by atoms with van der Waals surface area (Å²) in [5, 5.41) is 3.23. The Bertz CT molecular complexity index is 357. The van der Waals surface area contributed by atoms with Gasteiger partial charge in [-0.05, 0) is 38.0 Å². The van der Waals surface area contributed by atoms with E-state index in [2.05, 4.69) is 5.32 Å². The number of alkyl halides is 3. The fourth-order valence-corrected chi connectivity index (χ4v) is 1.64. The van der Waals surface area contributed by atoms with Crippen molar-refractivity contribution in [3.8, 4) is 0 Å². The summed E-state index contributed by atoms with van der Waals surface area (Å²) in [5.41, 5.74) is 5.89. The molecule has 0 aliphatic heterocycles. The number of hydrogen-bond acceptors (Lipinski definition) is 2. The third-order valence-electron chi connectivity index (χ3n) is 2.61. The molecular formula is C13H19F3N2. The first-order valence-corrected chi connectivity index (χ1v) is 5.94. The highest BCUT2D eigenvalue weighted by Gasteiger charge is 2.29. The Kier molecular flexibility index (Phi) is 5.16. The number of nitrogens with two attached hydrogens (primary N) is 1. The molecule has 0 saturated carbocycles. The molecule has 1 rings (SSSR count). The third kappa shape index (κ3) is 5.06. The molecule has 3 N–H and O–H groups in total. The second-order valence-corrected chi connectivity index (χ2v) is 4.69. The topological polar surface area (TPSA) is 38.0 Å². The van der Waals surface area contributed by atoms with Gasteiger partial charge < -0.3 is 11.1 Å². The molecule has 0 aliphatic carbocycles. The number of hydrogen-bond donors (Lipinski definition) is 2. The molecule has 1 aromatic rings. The van der Waals surface area contributed by atoms with E-state index in [-0.39, 0.29) is 12.1 Å². The summed E-state index contributed by atoms with van der Waals surface area (Å²) < 4.78 is 37.1. The van der Waals surface area contributed by atoms with Gasteiger partial charge in [0.25, 0.3) is 0 Å². The Morgan fingerprint density at radius 1 is 1.17 bits per heavy atom. The maximum absolute atomic E-state index is 12.4. The van der Waals surface area contributed by atoms with Crippen LogP contribution in [0.4, 0.5) is 13.2 Å². The van der Waals surface area contributed by atoms with Crippen molar-refractivity contribution >= 4 is 0 Å². The van der Waals surface area contributed by atoms with Gasteiger partial charge in [0.05, 0.1) is 5.56 Å². The van der Waals surface area contributed by atoms with E-state index < -0.39 is 11.7 Å². The minimum atomic E-state index is -4.27. The van der Waals surface area contributed by atoms with Crippen molar-refractivity contribution in [1.82, 2.24) is 5.32 Å². The van der Waals surface area contributed by atoms with Crippen molar-refractivity contribution in [3.05, 3.63) is 35.4 Å². The summed E-state index contributed by atoms with van der Waals surface area (Å²) in [4.78, 5) is 0. The molecule has 0 radical (unpaired) electrons. The van der Waals surface area contributed by atoms with Crippen LogP contribution in [0.15, 0.2) is 24.3 Å². The Morgan fingerprint density at radius 2 is 1.72 bits per heavy atom. The molecule has 0 aromatic heterocycles. The molecular weight excluding hydrogens is 241 g/mol. The lowest BCUT2D eigenvalue weighted by Gasteiger charge is -2.16. The van der Waals surface area contributed by atoms with Gasteiger partial charge in [0, 0.05) is 18.6 Å². The molecule has 1 aromatic carbocycles. The highest BCUT2D eigenvalue weighted by Crippen LogP contribution is 2.29. The normalized spacial score (nSPS) is 15.4. The van der Waals surface area contributed by atoms with Crippen molar-refractivity contribution in [2.45, 2.75) is 38.5 Å². The first-order chi connectivity index (χ1) is 8.29. The van der Waals surface area contributed by atoms with Gasteiger partial charge in [-0.3, -0.25) is 0 Å². The quantitative estimate of drug-likeness (QED) is 0.854. The molecule has 102 valence electrons. The highest BCUT2D eigenvalue weighted by molar-refractivity contribution is 5.25. The molecule has 2 unspecified atom stereocenters. The predicted molar refractivity (Wildman–Crippen MR) is 66.3 cm³/mol. The van der Waals surface area contributed by atoms with Crippen LogP contribution in [0.5, 0.6) is 0 Å². The summed E-state index contributed by atoms with van der Waals surface area (Å²) in [5.74, 6) is 0. The zero-order valence-electron chi connectivity index (χ0n) is 10.6. The Hall–Kier alpha value is -1.07. The summed E-state index contributed by atoms with van der Waals surface area (Å²) >= 11 is 0. The zero-order chi connectivity index (χ0) is 13.8. The lowest BCUT2D eigenvalue weighted by atomic mass is 10.0. The summed E-state index contributed by atoms with van der Waals surface area (Å²) in [6.45, 7) is 4.58. The van der Waals surface area contributed by atoms with Crippen LogP contribution in [0.25, 0.3) is 0 Å². The highest BCUT2D eigenvalue weighted by atomic mass is 19.4. The summed E-state index contributed by atoms with van der Waals surface area (Å²) in [6, 6.07) is 5.54. The summed E-state index contributed by atoms with van der Waals surface area (Å²) in [6.07, 6.45) is -3.58. The van der Waals surface area contributed by atoms with Gasteiger partial charge in [-0.15, -0.1) is 0 Å². The number of rotatable bonds is 5.